The van der Waals surface area contributed by atoms with E-state index in [0.29, 0.717) is 25.2 Å². The predicted molar refractivity (Wildman–Crippen MR) is 72.9 cm³/mol. The summed E-state index contributed by atoms with van der Waals surface area (Å²) in [6.45, 7) is 6.63. The van der Waals surface area contributed by atoms with Crippen molar-refractivity contribution in [3.63, 3.8) is 0 Å². The first kappa shape index (κ1) is 13.6. The molecule has 1 aliphatic heterocycles. The van der Waals surface area contributed by atoms with Crippen molar-refractivity contribution >= 4 is 12.2 Å². The second kappa shape index (κ2) is 5.43. The lowest BCUT2D eigenvalue weighted by Gasteiger charge is -2.22. The second-order valence-electron chi connectivity index (χ2n) is 5.03. The average Bonchev–Trinajstić information content (AvgIpc) is 2.84. The van der Waals surface area contributed by atoms with Crippen LogP contribution in [0.5, 0.6) is 0 Å². The molecule has 2 rings (SSSR count). The third kappa shape index (κ3) is 2.62. The first-order valence-corrected chi connectivity index (χ1v) is 6.57. The fraction of sp³-hybridized carbons (Fsp3) is 0.467. The van der Waals surface area contributed by atoms with Gasteiger partial charge in [-0.25, -0.2) is 0 Å². The highest BCUT2D eigenvalue weighted by Gasteiger charge is 2.40. The van der Waals surface area contributed by atoms with Crippen LogP contribution >= 0.6 is 0 Å². The first-order valence-electron chi connectivity index (χ1n) is 6.57. The number of carbonyl (C=O) groups excluding carboxylic acids is 1. The maximum Gasteiger partial charge on any atom is 0.296 e. The maximum atomic E-state index is 10.6. The molecule has 0 aliphatic carbocycles. The molecule has 0 N–H and O–H groups in total. The third-order valence-electron chi connectivity index (χ3n) is 3.45. The van der Waals surface area contributed by atoms with Crippen molar-refractivity contribution in [3.05, 3.63) is 35.4 Å². The topological polar surface area (TPSA) is 47.9 Å². The van der Waals surface area contributed by atoms with Gasteiger partial charge in [-0.2, -0.15) is 0 Å². The van der Waals surface area contributed by atoms with Crippen LogP contribution < -0.4 is 0 Å². The van der Waals surface area contributed by atoms with Crippen molar-refractivity contribution in [3.8, 4) is 0 Å². The van der Waals surface area contributed by atoms with Crippen LogP contribution in [0.3, 0.4) is 0 Å². The van der Waals surface area contributed by atoms with Crippen LogP contribution in [0.2, 0.25) is 0 Å². The van der Waals surface area contributed by atoms with E-state index in [2.05, 4.69) is 25.1 Å². The van der Waals surface area contributed by atoms with E-state index in [9.17, 15) is 4.79 Å². The highest BCUT2D eigenvalue weighted by atomic mass is 16.8. The Kier molecular flexibility index (Phi) is 3.88. The van der Waals surface area contributed by atoms with Crippen LogP contribution in [0.4, 0.5) is 0 Å². The molecule has 102 valence electrons. The quantitative estimate of drug-likeness (QED) is 0.765. The number of nitrogens with zero attached hydrogens (tertiary/aromatic N) is 1. The molecular weight excluding hydrogens is 242 g/mol. The zero-order valence-corrected chi connectivity index (χ0v) is 11.6. The van der Waals surface area contributed by atoms with Crippen molar-refractivity contribution in [2.75, 3.05) is 0 Å². The fourth-order valence-electron chi connectivity index (χ4n) is 2.29. The van der Waals surface area contributed by atoms with Gasteiger partial charge in [-0.15, -0.1) is 0 Å². The van der Waals surface area contributed by atoms with Crippen molar-refractivity contribution in [1.29, 1.82) is 0 Å². The van der Waals surface area contributed by atoms with Crippen molar-refractivity contribution in [2.45, 2.75) is 45.3 Å². The summed E-state index contributed by atoms with van der Waals surface area (Å²) in [5.41, 5.74) is 3.14. The number of carbonyl (C=O) groups is 1. The number of rotatable bonds is 5. The second-order valence-corrected chi connectivity index (χ2v) is 5.03. The monoisotopic (exact) mass is 261 g/mol. The van der Waals surface area contributed by atoms with Crippen LogP contribution in [0.25, 0.3) is 0 Å². The molecule has 1 aliphatic rings. The molecule has 19 heavy (non-hydrogen) atoms. The molecule has 0 amide bonds. The number of oxime groups is 1. The lowest BCUT2D eigenvalue weighted by molar-refractivity contribution is -0.210. The van der Waals surface area contributed by atoms with Crippen LogP contribution in [-0.2, 0) is 14.4 Å². The fourth-order valence-corrected chi connectivity index (χ4v) is 2.29. The lowest BCUT2D eigenvalue weighted by Crippen LogP contribution is -2.31. The average molecular weight is 261 g/mol. The van der Waals surface area contributed by atoms with Gasteiger partial charge in [0.25, 0.3) is 12.3 Å². The minimum Gasteiger partial charge on any atom is -0.422 e. The molecule has 1 aromatic carbocycles. The summed E-state index contributed by atoms with van der Waals surface area (Å²) in [6, 6.07) is 8.12. The molecule has 0 saturated heterocycles. The van der Waals surface area contributed by atoms with E-state index in [1.54, 1.807) is 0 Å². The van der Waals surface area contributed by atoms with Gasteiger partial charge in [0, 0.05) is 12.0 Å². The lowest BCUT2D eigenvalue weighted by atomic mass is 9.91. The maximum absolute atomic E-state index is 10.6. The summed E-state index contributed by atoms with van der Waals surface area (Å²) in [5.74, 6) is -0.524. The van der Waals surface area contributed by atoms with E-state index in [1.165, 1.54) is 5.56 Å². The summed E-state index contributed by atoms with van der Waals surface area (Å²) >= 11 is 0. The molecule has 1 unspecified atom stereocenters. The molecule has 1 aromatic rings. The smallest absolute Gasteiger partial charge is 0.296 e. The molecule has 4 nitrogen and oxygen atoms in total. The number of hydrogen-bond acceptors (Lipinski definition) is 4. The Morgan fingerprint density at radius 2 is 2.21 bits per heavy atom. The summed E-state index contributed by atoms with van der Waals surface area (Å²) < 4.78 is 5.07. The number of benzene rings is 1. The Hall–Kier alpha value is -1.84. The predicted octanol–water partition coefficient (Wildman–Crippen LogP) is 3.21. The van der Waals surface area contributed by atoms with E-state index < -0.39 is 5.79 Å². The summed E-state index contributed by atoms with van der Waals surface area (Å²) in [6.07, 6.45) is 1.06. The minimum absolute atomic E-state index is 0.405. The molecule has 0 aromatic heterocycles. The zero-order valence-electron chi connectivity index (χ0n) is 11.6. The zero-order chi connectivity index (χ0) is 13.9. The third-order valence-corrected chi connectivity index (χ3v) is 3.45. The van der Waals surface area contributed by atoms with E-state index in [4.69, 9.17) is 9.57 Å². The molecule has 0 radical (unpaired) electrons. The molecule has 1 heterocycles. The molecule has 0 saturated carbocycles. The van der Waals surface area contributed by atoms with E-state index in [-0.39, 0.29) is 0 Å². The van der Waals surface area contributed by atoms with Gasteiger partial charge in [0.15, 0.2) is 0 Å². The molecule has 4 heteroatoms. The standard InChI is InChI=1S/C15H19NO3/c1-4-15(18-10-17)9-14(16-19-15)13-8-6-5-7-12(13)11(2)3/h5-8,10-11H,4,9H2,1-3H3. The van der Waals surface area contributed by atoms with Crippen molar-refractivity contribution in [1.82, 2.24) is 0 Å². The highest BCUT2D eigenvalue weighted by molar-refractivity contribution is 6.02. The normalized spacial score (nSPS) is 22.0. The number of hydrogen-bond donors (Lipinski definition) is 0. The SMILES string of the molecule is CCC1(OC=O)CC(c2ccccc2C(C)C)=NO1. The Balaban J connectivity index is 2.28. The Morgan fingerprint density at radius 1 is 1.47 bits per heavy atom. The Bertz CT molecular complexity index is 496. The van der Waals surface area contributed by atoms with Crippen LogP contribution in [0.15, 0.2) is 29.4 Å². The summed E-state index contributed by atoms with van der Waals surface area (Å²) in [5, 5.41) is 4.12. The highest BCUT2D eigenvalue weighted by Crippen LogP contribution is 2.32. The molecule has 1 atom stereocenters. The largest absolute Gasteiger partial charge is 0.422 e. The van der Waals surface area contributed by atoms with Gasteiger partial charge in [-0.05, 0) is 11.5 Å². The van der Waals surface area contributed by atoms with Crippen molar-refractivity contribution < 1.29 is 14.4 Å². The van der Waals surface area contributed by atoms with Gasteiger partial charge in [0.1, 0.15) is 0 Å². The van der Waals surface area contributed by atoms with Gasteiger partial charge < -0.3 is 9.57 Å². The van der Waals surface area contributed by atoms with Crippen LogP contribution in [0.1, 0.15) is 50.7 Å². The number of ether oxygens (including phenoxy) is 1. The van der Waals surface area contributed by atoms with E-state index in [1.807, 2.05) is 25.1 Å². The molecule has 0 spiro atoms. The molecular formula is C15H19NO3. The van der Waals surface area contributed by atoms with Gasteiger partial charge in [-0.1, -0.05) is 50.2 Å². The first-order chi connectivity index (χ1) is 9.12. The van der Waals surface area contributed by atoms with Gasteiger partial charge >= 0.3 is 0 Å². The Labute approximate surface area is 113 Å². The van der Waals surface area contributed by atoms with Crippen LogP contribution in [0, 0.1) is 0 Å². The van der Waals surface area contributed by atoms with Gasteiger partial charge in [0.05, 0.1) is 12.1 Å². The summed E-state index contributed by atoms with van der Waals surface area (Å²) in [7, 11) is 0. The summed E-state index contributed by atoms with van der Waals surface area (Å²) in [4.78, 5) is 16.0. The van der Waals surface area contributed by atoms with Crippen LogP contribution in [-0.4, -0.2) is 18.0 Å². The van der Waals surface area contributed by atoms with E-state index >= 15 is 0 Å². The van der Waals surface area contributed by atoms with Crippen molar-refractivity contribution in [2.24, 2.45) is 5.16 Å². The Morgan fingerprint density at radius 3 is 2.84 bits per heavy atom. The van der Waals surface area contributed by atoms with E-state index in [0.717, 1.165) is 11.3 Å². The minimum atomic E-state index is -0.929. The van der Waals surface area contributed by atoms with Gasteiger partial charge in [0.2, 0.25) is 0 Å². The van der Waals surface area contributed by atoms with Gasteiger partial charge in [-0.3, -0.25) is 4.79 Å². The molecule has 0 fully saturated rings. The molecule has 0 bridgehead atoms.